The topological polar surface area (TPSA) is 90.7 Å². The molecule has 0 unspecified atom stereocenters. The van der Waals surface area contributed by atoms with Gasteiger partial charge in [-0.3, -0.25) is 14.2 Å². The molecule has 2 heterocycles. The van der Waals surface area contributed by atoms with Crippen LogP contribution in [0, 0.1) is 5.92 Å². The van der Waals surface area contributed by atoms with E-state index in [9.17, 15) is 14.4 Å². The highest BCUT2D eigenvalue weighted by molar-refractivity contribution is 7.99. The maximum absolute atomic E-state index is 13.1. The summed E-state index contributed by atoms with van der Waals surface area (Å²) < 4.78 is 11.6. The summed E-state index contributed by atoms with van der Waals surface area (Å²) in [6.45, 7) is 6.76. The lowest BCUT2D eigenvalue weighted by atomic mass is 10.1. The van der Waals surface area contributed by atoms with Gasteiger partial charge in [0.2, 0.25) is 5.91 Å². The van der Waals surface area contributed by atoms with Crippen molar-refractivity contribution in [2.24, 2.45) is 5.92 Å². The van der Waals surface area contributed by atoms with Crippen molar-refractivity contribution < 1.29 is 19.1 Å². The van der Waals surface area contributed by atoms with E-state index in [4.69, 9.17) is 9.47 Å². The number of hydrogen-bond donors (Lipinski definition) is 0. The monoisotopic (exact) mass is 419 g/mol. The number of carbonyl (C=O) groups is 2. The molecule has 0 atom stereocenters. The van der Waals surface area contributed by atoms with Crippen molar-refractivity contribution in [3.05, 3.63) is 34.1 Å². The number of methoxy groups -OCH3 is 1. The molecule has 0 aliphatic carbocycles. The fraction of sp³-hybridized carbons (Fsp3) is 0.500. The van der Waals surface area contributed by atoms with E-state index < -0.39 is 5.97 Å². The van der Waals surface area contributed by atoms with Gasteiger partial charge >= 0.3 is 5.97 Å². The average Bonchev–Trinajstić information content (AvgIpc) is 2.73. The highest BCUT2D eigenvalue weighted by atomic mass is 32.2. The third-order valence-corrected chi connectivity index (χ3v) is 5.54. The number of nitrogens with zero attached hydrogens (tertiary/aromatic N) is 3. The summed E-state index contributed by atoms with van der Waals surface area (Å²) in [7, 11) is 1.30. The first kappa shape index (κ1) is 21.3. The highest BCUT2D eigenvalue weighted by Gasteiger charge is 2.20. The Balaban J connectivity index is 1.94. The second-order valence-electron chi connectivity index (χ2n) is 7.21. The fourth-order valence-corrected chi connectivity index (χ4v) is 4.02. The van der Waals surface area contributed by atoms with Gasteiger partial charge in [0.15, 0.2) is 5.16 Å². The zero-order valence-corrected chi connectivity index (χ0v) is 17.7. The van der Waals surface area contributed by atoms with Crippen LogP contribution in [0.5, 0.6) is 0 Å². The molecule has 0 spiro atoms. The van der Waals surface area contributed by atoms with Crippen LogP contribution in [0.4, 0.5) is 0 Å². The molecule has 1 amide bonds. The van der Waals surface area contributed by atoms with Gasteiger partial charge in [-0.05, 0) is 24.1 Å². The Bertz CT molecular complexity index is 966. The lowest BCUT2D eigenvalue weighted by Gasteiger charge is -2.26. The number of benzene rings is 1. The van der Waals surface area contributed by atoms with Gasteiger partial charge in [-0.15, -0.1) is 0 Å². The molecule has 2 aromatic rings. The van der Waals surface area contributed by atoms with Gasteiger partial charge < -0.3 is 14.4 Å². The molecule has 0 radical (unpaired) electrons. The maximum atomic E-state index is 13.1. The molecule has 0 bridgehead atoms. The lowest BCUT2D eigenvalue weighted by Crippen LogP contribution is -2.41. The van der Waals surface area contributed by atoms with E-state index in [0.717, 1.165) is 0 Å². The highest BCUT2D eigenvalue weighted by Crippen LogP contribution is 2.21. The molecule has 1 aromatic heterocycles. The van der Waals surface area contributed by atoms with Crippen LogP contribution < -0.4 is 5.56 Å². The smallest absolute Gasteiger partial charge is 0.337 e. The second-order valence-corrected chi connectivity index (χ2v) is 8.15. The first-order valence-electron chi connectivity index (χ1n) is 9.52. The number of fused-ring (bicyclic) bond motifs is 1. The molecular formula is C20H25N3O5S. The summed E-state index contributed by atoms with van der Waals surface area (Å²) in [6, 6.07) is 4.71. The molecular weight excluding hydrogens is 394 g/mol. The Kier molecular flexibility index (Phi) is 6.92. The number of rotatable bonds is 6. The normalized spacial score (nSPS) is 14.4. The number of hydrogen-bond acceptors (Lipinski definition) is 7. The molecule has 1 aliphatic heterocycles. The van der Waals surface area contributed by atoms with Crippen molar-refractivity contribution in [2.75, 3.05) is 39.2 Å². The van der Waals surface area contributed by atoms with Crippen molar-refractivity contribution in [3.63, 3.8) is 0 Å². The Morgan fingerprint density at radius 3 is 2.66 bits per heavy atom. The first-order chi connectivity index (χ1) is 13.9. The third-order valence-electron chi connectivity index (χ3n) is 4.58. The molecule has 29 heavy (non-hydrogen) atoms. The minimum Gasteiger partial charge on any atom is -0.465 e. The zero-order valence-electron chi connectivity index (χ0n) is 16.8. The van der Waals surface area contributed by atoms with Crippen molar-refractivity contribution in [1.82, 2.24) is 14.5 Å². The maximum Gasteiger partial charge on any atom is 0.337 e. The van der Waals surface area contributed by atoms with Gasteiger partial charge in [-0.1, -0.05) is 25.6 Å². The van der Waals surface area contributed by atoms with E-state index in [1.54, 1.807) is 27.7 Å². The first-order valence-corrected chi connectivity index (χ1v) is 10.5. The molecule has 0 N–H and O–H groups in total. The number of aromatic nitrogens is 2. The second kappa shape index (κ2) is 9.41. The van der Waals surface area contributed by atoms with E-state index in [-0.39, 0.29) is 23.1 Å². The van der Waals surface area contributed by atoms with Crippen LogP contribution in [0.3, 0.4) is 0 Å². The number of thioether (sulfide) groups is 1. The quantitative estimate of drug-likeness (QED) is 0.400. The van der Waals surface area contributed by atoms with Crippen LogP contribution in [-0.4, -0.2) is 65.5 Å². The van der Waals surface area contributed by atoms with Gasteiger partial charge in [0, 0.05) is 19.6 Å². The van der Waals surface area contributed by atoms with Crippen molar-refractivity contribution in [2.45, 2.75) is 25.5 Å². The third kappa shape index (κ3) is 4.97. The summed E-state index contributed by atoms with van der Waals surface area (Å²) >= 11 is 1.24. The van der Waals surface area contributed by atoms with Crippen LogP contribution >= 0.6 is 11.8 Å². The van der Waals surface area contributed by atoms with Gasteiger partial charge in [0.05, 0.1) is 42.5 Å². The molecule has 1 aromatic carbocycles. The van der Waals surface area contributed by atoms with Gasteiger partial charge in [0.1, 0.15) is 0 Å². The summed E-state index contributed by atoms with van der Waals surface area (Å²) in [4.78, 5) is 43.8. The number of esters is 1. The molecule has 3 rings (SSSR count). The summed E-state index contributed by atoms with van der Waals surface area (Å²) in [5, 5.41) is 0.905. The Morgan fingerprint density at radius 2 is 2.00 bits per heavy atom. The molecule has 1 fully saturated rings. The predicted molar refractivity (Wildman–Crippen MR) is 110 cm³/mol. The van der Waals surface area contributed by atoms with Crippen LogP contribution in [0.15, 0.2) is 28.2 Å². The van der Waals surface area contributed by atoms with E-state index in [1.165, 1.54) is 18.9 Å². The Morgan fingerprint density at radius 1 is 1.28 bits per heavy atom. The van der Waals surface area contributed by atoms with Crippen molar-refractivity contribution in [3.8, 4) is 0 Å². The Hall–Kier alpha value is -2.39. The average molecular weight is 420 g/mol. The van der Waals surface area contributed by atoms with Crippen molar-refractivity contribution >= 4 is 34.5 Å². The molecule has 0 saturated carbocycles. The van der Waals surface area contributed by atoms with Gasteiger partial charge in [0.25, 0.3) is 5.56 Å². The van der Waals surface area contributed by atoms with Gasteiger partial charge in [-0.2, -0.15) is 0 Å². The molecule has 156 valence electrons. The molecule has 8 nitrogen and oxygen atoms in total. The van der Waals surface area contributed by atoms with E-state index in [1.807, 2.05) is 13.8 Å². The number of carbonyl (C=O) groups excluding carboxylic acids is 2. The van der Waals surface area contributed by atoms with Gasteiger partial charge in [-0.25, -0.2) is 9.78 Å². The zero-order chi connectivity index (χ0) is 21.0. The lowest BCUT2D eigenvalue weighted by molar-refractivity contribution is -0.132. The van der Waals surface area contributed by atoms with Crippen molar-refractivity contribution in [1.29, 1.82) is 0 Å². The van der Waals surface area contributed by atoms with Crippen LogP contribution in [0.1, 0.15) is 24.2 Å². The van der Waals surface area contributed by atoms with Crippen LogP contribution in [-0.2, 0) is 20.8 Å². The molecule has 9 heteroatoms. The minimum atomic E-state index is -0.489. The van der Waals surface area contributed by atoms with Crippen LogP contribution in [0.25, 0.3) is 10.9 Å². The minimum absolute atomic E-state index is 0.00736. The molecule has 1 saturated heterocycles. The summed E-state index contributed by atoms with van der Waals surface area (Å²) in [5.74, 6) is -0.0772. The fourth-order valence-electron chi connectivity index (χ4n) is 3.11. The number of ether oxygens (including phenoxy) is 2. The standard InChI is InChI=1S/C20H25N3O5S/c1-13(2)11-23-18(25)15-5-4-14(19(26)27-3)10-16(15)21-20(23)29-12-17(24)22-6-8-28-9-7-22/h4-5,10,13H,6-9,11-12H2,1-3H3. The van der Waals surface area contributed by atoms with Crippen LogP contribution in [0.2, 0.25) is 0 Å². The largest absolute Gasteiger partial charge is 0.465 e. The van der Waals surface area contributed by atoms with E-state index in [2.05, 4.69) is 4.98 Å². The summed E-state index contributed by atoms with van der Waals surface area (Å²) in [5.41, 5.74) is 0.564. The SMILES string of the molecule is COC(=O)c1ccc2c(=O)n(CC(C)C)c(SCC(=O)N3CCOCC3)nc2c1. The molecule has 1 aliphatic rings. The van der Waals surface area contributed by atoms with E-state index in [0.29, 0.717) is 54.5 Å². The summed E-state index contributed by atoms with van der Waals surface area (Å²) in [6.07, 6.45) is 0. The Labute approximate surface area is 173 Å². The number of amides is 1. The predicted octanol–water partition coefficient (Wildman–Crippen LogP) is 1.79. The number of morpholine rings is 1. The van der Waals surface area contributed by atoms with E-state index >= 15 is 0 Å².